The van der Waals surface area contributed by atoms with Gasteiger partial charge >= 0.3 is 17.8 Å². The average molecular weight is 562 g/mol. The first-order chi connectivity index (χ1) is 18.0. The van der Waals surface area contributed by atoms with E-state index in [1.807, 2.05) is 6.26 Å². The molecule has 2 heterocycles. The smallest absolute Gasteiger partial charge is 0.416 e. The maximum absolute atomic E-state index is 13.5. The first kappa shape index (κ1) is 27.4. The van der Waals surface area contributed by atoms with Crippen LogP contribution in [0.4, 0.5) is 24.8 Å². The zero-order chi connectivity index (χ0) is 27.8. The summed E-state index contributed by atoms with van der Waals surface area (Å²) in [5.41, 5.74) is 0.317. The van der Waals surface area contributed by atoms with Crippen LogP contribution in [0, 0.1) is 11.3 Å². The summed E-state index contributed by atoms with van der Waals surface area (Å²) in [6, 6.07) is 10.5. The third-order valence-corrected chi connectivity index (χ3v) is 7.74. The Hall–Kier alpha value is -3.63. The van der Waals surface area contributed by atoms with Crippen molar-refractivity contribution in [3.05, 3.63) is 86.5 Å². The van der Waals surface area contributed by atoms with Crippen LogP contribution in [0.15, 0.2) is 58.5 Å². The Kier molecular flexibility index (Phi) is 7.66. The molecule has 0 spiro atoms. The van der Waals surface area contributed by atoms with Gasteiger partial charge in [-0.15, -0.1) is 5.10 Å². The van der Waals surface area contributed by atoms with E-state index in [2.05, 4.69) is 28.9 Å². The Morgan fingerprint density at radius 2 is 2.05 bits per heavy atom. The number of anilines is 2. The summed E-state index contributed by atoms with van der Waals surface area (Å²) >= 11 is 6.05. The minimum Gasteiger partial charge on any atom is -0.466 e. The van der Waals surface area contributed by atoms with E-state index < -0.39 is 29.4 Å². The van der Waals surface area contributed by atoms with Gasteiger partial charge in [0.05, 0.1) is 34.5 Å². The molecular formula is C25H22F3N5O3S2. The number of methoxy groups -OCH3 is 1. The Morgan fingerprint density at radius 1 is 1.32 bits per heavy atom. The number of nitrogens with one attached hydrogen (secondary N) is 1. The van der Waals surface area contributed by atoms with Crippen molar-refractivity contribution in [3.63, 3.8) is 0 Å². The summed E-state index contributed by atoms with van der Waals surface area (Å²) in [5, 5.41) is 15.9. The van der Waals surface area contributed by atoms with Gasteiger partial charge in [0.1, 0.15) is 6.04 Å². The summed E-state index contributed by atoms with van der Waals surface area (Å²) < 4.78 is 46.6. The summed E-state index contributed by atoms with van der Waals surface area (Å²) in [4.78, 5) is 27.6. The van der Waals surface area contributed by atoms with Crippen molar-refractivity contribution in [1.82, 2.24) is 14.8 Å². The van der Waals surface area contributed by atoms with E-state index in [1.54, 1.807) is 25.1 Å². The second kappa shape index (κ2) is 10.6. The van der Waals surface area contributed by atoms with Crippen LogP contribution in [-0.4, -0.2) is 38.7 Å². The van der Waals surface area contributed by atoms with Crippen LogP contribution in [0.5, 0.6) is 0 Å². The number of rotatable bonds is 6. The molecule has 0 aliphatic carbocycles. The van der Waals surface area contributed by atoms with E-state index in [0.29, 0.717) is 23.1 Å². The van der Waals surface area contributed by atoms with Gasteiger partial charge in [0, 0.05) is 11.4 Å². The van der Waals surface area contributed by atoms with E-state index >= 15 is 0 Å². The number of benzene rings is 2. The highest BCUT2D eigenvalue weighted by Gasteiger charge is 2.41. The molecule has 4 rings (SSSR count). The molecule has 1 aliphatic rings. The molecule has 198 valence electrons. The number of hydrogen-bond acceptors (Lipinski definition) is 8. The molecule has 0 fully saturated rings. The Balaban J connectivity index is 2.02. The van der Waals surface area contributed by atoms with E-state index in [4.69, 9.17) is 4.74 Å². The molecule has 0 radical (unpaired) electrons. The summed E-state index contributed by atoms with van der Waals surface area (Å²) in [7, 11) is 1.18. The number of halogens is 3. The van der Waals surface area contributed by atoms with Crippen LogP contribution in [0.3, 0.4) is 0 Å². The van der Waals surface area contributed by atoms with E-state index in [1.165, 1.54) is 40.5 Å². The second-order valence-electron chi connectivity index (χ2n) is 8.40. The minimum absolute atomic E-state index is 0.00734. The number of ether oxygens (including phenoxy) is 1. The largest absolute Gasteiger partial charge is 0.466 e. The van der Waals surface area contributed by atoms with Gasteiger partial charge < -0.3 is 4.74 Å². The second-order valence-corrected chi connectivity index (χ2v) is 10.4. The van der Waals surface area contributed by atoms with Crippen LogP contribution < -0.4 is 10.6 Å². The topological polar surface area (TPSA) is 104 Å². The number of nitrogens with zero attached hydrogens (tertiary/aromatic N) is 4. The lowest BCUT2D eigenvalue weighted by Crippen LogP contribution is -2.38. The molecule has 38 heavy (non-hydrogen) atoms. The number of nitriles is 1. The van der Waals surface area contributed by atoms with Crippen LogP contribution in [0.2, 0.25) is 0 Å². The molecule has 1 N–H and O–H groups in total. The number of allylic oxidation sites excluding steroid dienone is 1. The number of hydrogen-bond donors (Lipinski definition) is 2. The maximum Gasteiger partial charge on any atom is 0.416 e. The number of H-pyrrole nitrogens is 1. The third-order valence-electron chi connectivity index (χ3n) is 6.21. The number of esters is 1. The van der Waals surface area contributed by atoms with Gasteiger partial charge in [-0.1, -0.05) is 12.1 Å². The Bertz CT molecular complexity index is 1520. The van der Waals surface area contributed by atoms with Gasteiger partial charge in [0.15, 0.2) is 0 Å². The standard InChI is InChI=1S/C25H22F3N5O3S2/c1-13-20(22(34)36-2)21(18-8-7-14(12-29)9-15(18)10-19(37)38-3)33-23(30-31-24(33)35)32(13)17-6-4-5-16(11-17)25(26,27)28/h4-9,11,19,21,37H,10H2,1-3H3,(H,31,35)/t19?,21-/m1/s1. The highest BCUT2D eigenvalue weighted by atomic mass is 32.2. The van der Waals surface area contributed by atoms with Gasteiger partial charge in [-0.05, 0) is 61.1 Å². The first-order valence-electron chi connectivity index (χ1n) is 11.2. The lowest BCUT2D eigenvalue weighted by molar-refractivity contribution is -0.138. The molecule has 0 amide bonds. The lowest BCUT2D eigenvalue weighted by atomic mass is 9.89. The Morgan fingerprint density at radius 3 is 2.68 bits per heavy atom. The highest BCUT2D eigenvalue weighted by Crippen LogP contribution is 2.44. The van der Waals surface area contributed by atoms with Crippen molar-refractivity contribution in [1.29, 1.82) is 5.26 Å². The molecular weight excluding hydrogens is 539 g/mol. The number of thioether (sulfide) groups is 1. The van der Waals surface area contributed by atoms with Gasteiger partial charge in [-0.25, -0.2) is 19.3 Å². The monoisotopic (exact) mass is 561 g/mol. The number of fused-ring (bicyclic) bond motifs is 1. The number of carbonyl (C=O) groups is 1. The molecule has 1 aliphatic heterocycles. The molecule has 0 saturated carbocycles. The number of carbonyl (C=O) groups excluding carboxylic acids is 1. The number of aromatic amines is 1. The number of alkyl halides is 3. The zero-order valence-electron chi connectivity index (χ0n) is 20.4. The van der Waals surface area contributed by atoms with Gasteiger partial charge in [-0.3, -0.25) is 4.90 Å². The fourth-order valence-electron chi connectivity index (χ4n) is 4.47. The fraction of sp³-hybridized carbons (Fsp3) is 0.280. The molecule has 8 nitrogen and oxygen atoms in total. The van der Waals surface area contributed by atoms with Crippen molar-refractivity contribution in [2.75, 3.05) is 18.3 Å². The molecule has 13 heteroatoms. The highest BCUT2D eigenvalue weighted by molar-refractivity contribution is 8.09. The van der Waals surface area contributed by atoms with Crippen LogP contribution in [0.1, 0.15) is 35.2 Å². The van der Waals surface area contributed by atoms with Crippen molar-refractivity contribution in [3.8, 4) is 6.07 Å². The van der Waals surface area contributed by atoms with E-state index in [0.717, 1.165) is 12.1 Å². The predicted molar refractivity (Wildman–Crippen MR) is 140 cm³/mol. The average Bonchev–Trinajstić information content (AvgIpc) is 3.27. The van der Waals surface area contributed by atoms with Crippen molar-refractivity contribution in [2.24, 2.45) is 0 Å². The van der Waals surface area contributed by atoms with Gasteiger partial charge in [0.25, 0.3) is 0 Å². The first-order valence-corrected chi connectivity index (χ1v) is 13.0. The molecule has 0 saturated heterocycles. The predicted octanol–water partition coefficient (Wildman–Crippen LogP) is 4.81. The lowest BCUT2D eigenvalue weighted by Gasteiger charge is -2.36. The number of aromatic nitrogens is 3. The van der Waals surface area contributed by atoms with Crippen molar-refractivity contribution in [2.45, 2.75) is 30.1 Å². The van der Waals surface area contributed by atoms with Crippen LogP contribution >= 0.6 is 24.4 Å². The number of thiol groups is 1. The van der Waals surface area contributed by atoms with Gasteiger partial charge in [0.2, 0.25) is 5.95 Å². The van der Waals surface area contributed by atoms with E-state index in [-0.39, 0.29) is 27.5 Å². The molecule has 2 aromatic carbocycles. The molecule has 2 atom stereocenters. The maximum atomic E-state index is 13.5. The van der Waals surface area contributed by atoms with Crippen LogP contribution in [0.25, 0.3) is 0 Å². The quantitative estimate of drug-likeness (QED) is 0.253. The zero-order valence-corrected chi connectivity index (χ0v) is 22.1. The van der Waals surface area contributed by atoms with Gasteiger partial charge in [-0.2, -0.15) is 42.8 Å². The van der Waals surface area contributed by atoms with E-state index in [9.17, 15) is 28.0 Å². The fourth-order valence-corrected chi connectivity index (χ4v) is 5.01. The Labute approximate surface area is 225 Å². The summed E-state index contributed by atoms with van der Waals surface area (Å²) in [5.74, 6) is -0.780. The summed E-state index contributed by atoms with van der Waals surface area (Å²) in [6.07, 6.45) is -2.33. The van der Waals surface area contributed by atoms with Crippen molar-refractivity contribution >= 4 is 42.0 Å². The minimum atomic E-state index is -4.61. The SMILES string of the molecule is COC(=O)C1=C(C)N(c2cccc(C(F)(F)F)c2)c2n[nH]c(=O)n2[C@@H]1c1ccc(C#N)cc1CC(S)SC. The van der Waals surface area contributed by atoms with Crippen molar-refractivity contribution < 1.29 is 22.7 Å². The molecule has 0 bridgehead atoms. The molecule has 3 aromatic rings. The third kappa shape index (κ3) is 4.93. The molecule has 1 aromatic heterocycles. The summed E-state index contributed by atoms with van der Waals surface area (Å²) in [6.45, 7) is 1.55. The normalized spacial score (nSPS) is 16.2. The molecule has 1 unspecified atom stereocenters. The van der Waals surface area contributed by atoms with Crippen LogP contribution in [-0.2, 0) is 22.1 Å².